The maximum absolute atomic E-state index is 12.5. The summed E-state index contributed by atoms with van der Waals surface area (Å²) in [5.41, 5.74) is 1.15. The van der Waals surface area contributed by atoms with E-state index in [9.17, 15) is 14.4 Å². The Morgan fingerprint density at radius 2 is 2.00 bits per heavy atom. The number of hydrogen-bond donors (Lipinski definition) is 1. The van der Waals surface area contributed by atoms with Gasteiger partial charge in [0.2, 0.25) is 11.8 Å². The van der Waals surface area contributed by atoms with E-state index < -0.39 is 5.91 Å². The number of amides is 3. The lowest BCUT2D eigenvalue weighted by Crippen LogP contribution is -2.28. The van der Waals surface area contributed by atoms with E-state index in [-0.39, 0.29) is 42.1 Å². The molecule has 0 spiro atoms. The van der Waals surface area contributed by atoms with Gasteiger partial charge in [-0.1, -0.05) is 11.2 Å². The van der Waals surface area contributed by atoms with Crippen molar-refractivity contribution in [1.29, 1.82) is 0 Å². The Morgan fingerprint density at radius 1 is 1.22 bits per heavy atom. The highest BCUT2D eigenvalue weighted by Gasteiger charge is 2.30. The molecule has 3 amide bonds. The third kappa shape index (κ3) is 3.34. The minimum absolute atomic E-state index is 0.0700. The number of imide groups is 1. The molecule has 0 aliphatic carbocycles. The molecule has 1 saturated heterocycles. The lowest BCUT2D eigenvalue weighted by atomic mass is 10.2. The van der Waals surface area contributed by atoms with Crippen LogP contribution in [0.5, 0.6) is 0 Å². The Morgan fingerprint density at radius 3 is 2.70 bits per heavy atom. The molecule has 0 saturated carbocycles. The van der Waals surface area contributed by atoms with Gasteiger partial charge in [0.1, 0.15) is 5.69 Å². The van der Waals surface area contributed by atoms with E-state index in [4.69, 9.17) is 4.42 Å². The number of nitrogens with one attached hydrogen (secondary N) is 1. The van der Waals surface area contributed by atoms with Crippen molar-refractivity contribution in [2.24, 2.45) is 0 Å². The number of hydrogen-bond acceptors (Lipinski definition) is 8. The number of thiazole rings is 1. The summed E-state index contributed by atoms with van der Waals surface area (Å²) in [4.78, 5) is 41.5. The first-order valence-corrected chi connectivity index (χ1v) is 8.92. The van der Waals surface area contributed by atoms with Crippen LogP contribution in [-0.2, 0) is 9.59 Å². The number of aromatic nitrogens is 3. The lowest BCUT2D eigenvalue weighted by molar-refractivity contribution is -0.121. The molecule has 3 heterocycles. The fraction of sp³-hybridized carbons (Fsp3) is 0.176. The van der Waals surface area contributed by atoms with Gasteiger partial charge in [0.05, 0.1) is 10.7 Å². The Hall–Kier alpha value is -3.40. The minimum Gasteiger partial charge on any atom is -0.401 e. The van der Waals surface area contributed by atoms with Gasteiger partial charge in [-0.2, -0.15) is 0 Å². The summed E-state index contributed by atoms with van der Waals surface area (Å²) in [6.45, 7) is 1.86. The molecule has 1 aromatic carbocycles. The quantitative estimate of drug-likeness (QED) is 0.687. The molecule has 0 bridgehead atoms. The van der Waals surface area contributed by atoms with Crippen LogP contribution < -0.4 is 10.2 Å². The van der Waals surface area contributed by atoms with Gasteiger partial charge in [0, 0.05) is 23.8 Å². The maximum Gasteiger partial charge on any atom is 0.322 e. The summed E-state index contributed by atoms with van der Waals surface area (Å²) in [7, 11) is 0. The summed E-state index contributed by atoms with van der Waals surface area (Å²) >= 11 is 1.45. The second kappa shape index (κ2) is 6.72. The smallest absolute Gasteiger partial charge is 0.322 e. The van der Waals surface area contributed by atoms with Gasteiger partial charge in [-0.25, -0.2) is 4.98 Å². The van der Waals surface area contributed by atoms with E-state index in [0.717, 1.165) is 9.91 Å². The first kappa shape index (κ1) is 17.0. The van der Waals surface area contributed by atoms with Gasteiger partial charge >= 0.3 is 6.01 Å². The van der Waals surface area contributed by atoms with Crippen LogP contribution >= 0.6 is 11.3 Å². The molecule has 1 fully saturated rings. The first-order valence-electron chi connectivity index (χ1n) is 8.04. The Kier molecular flexibility index (Phi) is 4.24. The predicted molar refractivity (Wildman–Crippen MR) is 96.3 cm³/mol. The van der Waals surface area contributed by atoms with E-state index in [0.29, 0.717) is 11.4 Å². The second-order valence-corrected chi connectivity index (χ2v) is 6.85. The van der Waals surface area contributed by atoms with Crippen molar-refractivity contribution < 1.29 is 18.8 Å². The van der Waals surface area contributed by atoms with E-state index in [1.54, 1.807) is 23.6 Å². The van der Waals surface area contributed by atoms with E-state index in [1.807, 2.05) is 6.92 Å². The number of aryl methyl sites for hydroxylation is 1. The summed E-state index contributed by atoms with van der Waals surface area (Å²) < 4.78 is 5.41. The number of rotatable bonds is 4. The average molecular weight is 383 g/mol. The summed E-state index contributed by atoms with van der Waals surface area (Å²) in [5, 5.41) is 12.8. The fourth-order valence-corrected chi connectivity index (χ4v) is 3.25. The van der Waals surface area contributed by atoms with Crippen LogP contribution in [0.15, 0.2) is 34.1 Å². The van der Waals surface area contributed by atoms with Gasteiger partial charge in [-0.3, -0.25) is 24.6 Å². The second-order valence-electron chi connectivity index (χ2n) is 5.79. The molecular formula is C17H13N5O4S. The lowest BCUT2D eigenvalue weighted by Gasteiger charge is -2.14. The predicted octanol–water partition coefficient (Wildman–Crippen LogP) is 2.41. The minimum atomic E-state index is -0.499. The third-order valence-electron chi connectivity index (χ3n) is 3.90. The fourth-order valence-electron chi connectivity index (χ4n) is 2.66. The molecule has 1 aliphatic heterocycles. The van der Waals surface area contributed by atoms with Crippen LogP contribution in [-0.4, -0.2) is 32.9 Å². The Balaban J connectivity index is 1.52. The van der Waals surface area contributed by atoms with Crippen molar-refractivity contribution in [3.05, 3.63) is 40.2 Å². The molecule has 0 atom stereocenters. The summed E-state index contributed by atoms with van der Waals surface area (Å²) in [6, 6.07) is 6.16. The Labute approximate surface area is 157 Å². The molecule has 9 nitrogen and oxygen atoms in total. The van der Waals surface area contributed by atoms with Crippen LogP contribution in [0.4, 0.5) is 11.7 Å². The van der Waals surface area contributed by atoms with Crippen molar-refractivity contribution in [2.75, 3.05) is 10.2 Å². The van der Waals surface area contributed by atoms with E-state index >= 15 is 0 Å². The standard InChI is InChI=1S/C17H13N5O4S/c1-9-18-12(8-27-9)16-20-21-17(26-16)19-15(25)10-3-2-4-11(7-10)22-13(23)5-6-14(22)24/h2-4,7-8H,5-6H2,1H3,(H,19,21,25). The van der Waals surface area contributed by atoms with E-state index in [2.05, 4.69) is 20.5 Å². The molecule has 1 N–H and O–H groups in total. The normalized spacial score (nSPS) is 14.0. The van der Waals surface area contributed by atoms with Crippen LogP contribution in [0.25, 0.3) is 11.6 Å². The molecule has 0 radical (unpaired) electrons. The Bertz CT molecular complexity index is 1040. The number of carbonyl (C=O) groups is 3. The van der Waals surface area contributed by atoms with Crippen LogP contribution in [0.2, 0.25) is 0 Å². The molecular weight excluding hydrogens is 370 g/mol. The molecule has 2 aromatic heterocycles. The molecule has 27 heavy (non-hydrogen) atoms. The topological polar surface area (TPSA) is 118 Å². The number of benzene rings is 1. The van der Waals surface area contributed by atoms with Crippen molar-refractivity contribution in [1.82, 2.24) is 15.2 Å². The number of nitrogens with zero attached hydrogens (tertiary/aromatic N) is 4. The number of anilines is 2. The summed E-state index contributed by atoms with van der Waals surface area (Å²) in [6.07, 6.45) is 0.353. The zero-order chi connectivity index (χ0) is 19.0. The van der Waals surface area contributed by atoms with Crippen molar-refractivity contribution in [2.45, 2.75) is 19.8 Å². The molecule has 3 aromatic rings. The molecule has 1 aliphatic rings. The zero-order valence-corrected chi connectivity index (χ0v) is 14.9. The van der Waals surface area contributed by atoms with Crippen LogP contribution in [0, 0.1) is 6.92 Å². The van der Waals surface area contributed by atoms with Crippen LogP contribution in [0.1, 0.15) is 28.2 Å². The molecule has 136 valence electrons. The highest BCUT2D eigenvalue weighted by atomic mass is 32.1. The van der Waals surface area contributed by atoms with Crippen molar-refractivity contribution in [3.8, 4) is 11.6 Å². The van der Waals surface area contributed by atoms with E-state index in [1.165, 1.54) is 17.4 Å². The third-order valence-corrected chi connectivity index (χ3v) is 4.68. The van der Waals surface area contributed by atoms with Gasteiger partial charge in [0.25, 0.3) is 11.8 Å². The zero-order valence-electron chi connectivity index (χ0n) is 14.1. The van der Waals surface area contributed by atoms with Gasteiger partial charge < -0.3 is 4.42 Å². The van der Waals surface area contributed by atoms with Crippen LogP contribution in [0.3, 0.4) is 0 Å². The largest absolute Gasteiger partial charge is 0.401 e. The molecule has 4 rings (SSSR count). The van der Waals surface area contributed by atoms with Gasteiger partial charge in [-0.05, 0) is 25.1 Å². The monoisotopic (exact) mass is 383 g/mol. The van der Waals surface area contributed by atoms with Crippen molar-refractivity contribution in [3.63, 3.8) is 0 Å². The van der Waals surface area contributed by atoms with Crippen molar-refractivity contribution >= 4 is 40.8 Å². The maximum atomic E-state index is 12.5. The highest BCUT2D eigenvalue weighted by Crippen LogP contribution is 2.25. The average Bonchev–Trinajstić information content (AvgIpc) is 3.36. The highest BCUT2D eigenvalue weighted by molar-refractivity contribution is 7.09. The number of carbonyl (C=O) groups excluding carboxylic acids is 3. The molecule has 10 heteroatoms. The SMILES string of the molecule is Cc1nc(-c2nnc(NC(=O)c3cccc(N4C(=O)CCC4=O)c3)o2)cs1. The summed E-state index contributed by atoms with van der Waals surface area (Å²) in [5.74, 6) is -0.854. The molecule has 0 unspecified atom stereocenters. The van der Waals surface area contributed by atoms with Gasteiger partial charge in [-0.15, -0.1) is 16.4 Å². The van der Waals surface area contributed by atoms with Gasteiger partial charge in [0.15, 0.2) is 0 Å². The first-order chi connectivity index (χ1) is 13.0.